The van der Waals surface area contributed by atoms with E-state index in [-0.39, 0.29) is 5.75 Å². The maximum atomic E-state index is 12.0. The number of benzene rings is 1. The third kappa shape index (κ3) is 3.19. The fourth-order valence-corrected chi connectivity index (χ4v) is 2.86. The molecule has 0 bridgehead atoms. The molecule has 1 saturated carbocycles. The third-order valence-corrected chi connectivity index (χ3v) is 3.76. The van der Waals surface area contributed by atoms with Crippen molar-refractivity contribution in [2.75, 3.05) is 6.54 Å². The van der Waals surface area contributed by atoms with Crippen molar-refractivity contribution in [1.29, 1.82) is 0 Å². The summed E-state index contributed by atoms with van der Waals surface area (Å²) in [6.45, 7) is -2.16. The van der Waals surface area contributed by atoms with E-state index in [4.69, 9.17) is 5.73 Å². The minimum Gasteiger partial charge on any atom is -0.435 e. The van der Waals surface area contributed by atoms with E-state index in [0.717, 1.165) is 5.56 Å². The zero-order valence-electron chi connectivity index (χ0n) is 10.3. The van der Waals surface area contributed by atoms with Crippen LogP contribution in [0.3, 0.4) is 0 Å². The molecule has 1 aromatic rings. The summed E-state index contributed by atoms with van der Waals surface area (Å²) >= 11 is 0. The Kier molecular flexibility index (Phi) is 4.53. The Labute approximate surface area is 106 Å². The van der Waals surface area contributed by atoms with Crippen molar-refractivity contribution in [1.82, 2.24) is 0 Å². The van der Waals surface area contributed by atoms with E-state index in [2.05, 4.69) is 4.74 Å². The van der Waals surface area contributed by atoms with Crippen molar-refractivity contribution in [3.8, 4) is 5.75 Å². The molecule has 1 aliphatic rings. The van der Waals surface area contributed by atoms with Crippen molar-refractivity contribution >= 4 is 0 Å². The molecule has 1 unspecified atom stereocenters. The summed E-state index contributed by atoms with van der Waals surface area (Å²) in [6.07, 6.45) is 4.98. The molecular weight excluding hydrogens is 236 g/mol. The number of alkyl halides is 2. The van der Waals surface area contributed by atoms with Gasteiger partial charge in [-0.15, -0.1) is 0 Å². The molecule has 0 spiro atoms. The minimum absolute atomic E-state index is 0.205. The van der Waals surface area contributed by atoms with Gasteiger partial charge < -0.3 is 10.5 Å². The summed E-state index contributed by atoms with van der Waals surface area (Å²) in [4.78, 5) is 0. The second-order valence-electron chi connectivity index (χ2n) is 4.83. The van der Waals surface area contributed by atoms with Crippen molar-refractivity contribution < 1.29 is 13.5 Å². The number of hydrogen-bond donors (Lipinski definition) is 1. The summed E-state index contributed by atoms with van der Waals surface area (Å²) < 4.78 is 28.4. The highest BCUT2D eigenvalue weighted by atomic mass is 19.3. The second kappa shape index (κ2) is 6.14. The quantitative estimate of drug-likeness (QED) is 0.873. The molecule has 100 valence electrons. The van der Waals surface area contributed by atoms with Gasteiger partial charge >= 0.3 is 6.61 Å². The van der Waals surface area contributed by atoms with Crippen molar-refractivity contribution in [2.45, 2.75) is 38.2 Å². The number of hydrogen-bond acceptors (Lipinski definition) is 2. The SMILES string of the molecule is NCC(c1ccc(OC(F)F)cc1)C1CCCC1. The molecule has 0 radical (unpaired) electrons. The Balaban J connectivity index is 2.06. The van der Waals surface area contributed by atoms with Gasteiger partial charge in [-0.1, -0.05) is 25.0 Å². The molecule has 4 heteroatoms. The first-order valence-corrected chi connectivity index (χ1v) is 6.45. The van der Waals surface area contributed by atoms with E-state index < -0.39 is 6.61 Å². The van der Waals surface area contributed by atoms with Crippen LogP contribution in [0.25, 0.3) is 0 Å². The Hall–Kier alpha value is -1.16. The maximum absolute atomic E-state index is 12.0. The van der Waals surface area contributed by atoms with E-state index in [1.54, 1.807) is 12.1 Å². The lowest BCUT2D eigenvalue weighted by molar-refractivity contribution is -0.0498. The highest BCUT2D eigenvalue weighted by molar-refractivity contribution is 5.30. The summed E-state index contributed by atoms with van der Waals surface area (Å²) in [6, 6.07) is 6.90. The van der Waals surface area contributed by atoms with Gasteiger partial charge in [0.1, 0.15) is 5.75 Å². The smallest absolute Gasteiger partial charge is 0.387 e. The van der Waals surface area contributed by atoms with Crippen LogP contribution in [0, 0.1) is 5.92 Å². The topological polar surface area (TPSA) is 35.2 Å². The summed E-state index contributed by atoms with van der Waals surface area (Å²) in [5.74, 6) is 1.18. The van der Waals surface area contributed by atoms with Crippen molar-refractivity contribution in [3.05, 3.63) is 29.8 Å². The van der Waals surface area contributed by atoms with Gasteiger partial charge in [0.2, 0.25) is 0 Å². The van der Waals surface area contributed by atoms with E-state index in [9.17, 15) is 8.78 Å². The van der Waals surface area contributed by atoms with E-state index >= 15 is 0 Å². The Morgan fingerprint density at radius 1 is 1.17 bits per heavy atom. The molecule has 1 aliphatic carbocycles. The van der Waals surface area contributed by atoms with Crippen LogP contribution in [0.5, 0.6) is 5.75 Å². The molecule has 1 aromatic carbocycles. The van der Waals surface area contributed by atoms with Crippen LogP contribution < -0.4 is 10.5 Å². The normalized spacial score (nSPS) is 18.2. The fraction of sp³-hybridized carbons (Fsp3) is 0.571. The van der Waals surface area contributed by atoms with E-state index in [0.29, 0.717) is 18.4 Å². The number of rotatable bonds is 5. The number of ether oxygens (including phenoxy) is 1. The lowest BCUT2D eigenvalue weighted by Gasteiger charge is -2.22. The molecule has 1 fully saturated rings. The Morgan fingerprint density at radius 2 is 1.78 bits per heavy atom. The molecule has 2 rings (SSSR count). The average molecular weight is 255 g/mol. The molecule has 0 heterocycles. The van der Waals surface area contributed by atoms with Crippen LogP contribution >= 0.6 is 0 Å². The van der Waals surface area contributed by atoms with Gasteiger partial charge in [0.25, 0.3) is 0 Å². The van der Waals surface area contributed by atoms with Gasteiger partial charge in [-0.25, -0.2) is 0 Å². The summed E-state index contributed by atoms with van der Waals surface area (Å²) in [5, 5.41) is 0. The first-order chi connectivity index (χ1) is 8.70. The fourth-order valence-electron chi connectivity index (χ4n) is 2.86. The van der Waals surface area contributed by atoms with Crippen LogP contribution in [-0.2, 0) is 0 Å². The molecule has 0 aliphatic heterocycles. The van der Waals surface area contributed by atoms with Gasteiger partial charge in [-0.2, -0.15) is 8.78 Å². The number of halogens is 2. The first kappa shape index (κ1) is 13.3. The van der Waals surface area contributed by atoms with Crippen LogP contribution in [0.4, 0.5) is 8.78 Å². The largest absolute Gasteiger partial charge is 0.435 e. The van der Waals surface area contributed by atoms with E-state index in [1.807, 2.05) is 12.1 Å². The zero-order valence-corrected chi connectivity index (χ0v) is 10.3. The second-order valence-corrected chi connectivity index (χ2v) is 4.83. The maximum Gasteiger partial charge on any atom is 0.387 e. The monoisotopic (exact) mass is 255 g/mol. The zero-order chi connectivity index (χ0) is 13.0. The van der Waals surface area contributed by atoms with Gasteiger partial charge in [0.05, 0.1) is 0 Å². The third-order valence-electron chi connectivity index (χ3n) is 3.76. The molecular formula is C14H19F2NO. The predicted octanol–water partition coefficient (Wildman–Crippen LogP) is 3.52. The van der Waals surface area contributed by atoms with Crippen LogP contribution in [0.2, 0.25) is 0 Å². The highest BCUT2D eigenvalue weighted by Gasteiger charge is 2.25. The molecule has 0 aromatic heterocycles. The van der Waals surface area contributed by atoms with Crippen LogP contribution in [0.1, 0.15) is 37.2 Å². The molecule has 0 amide bonds. The Bertz CT molecular complexity index is 361. The van der Waals surface area contributed by atoms with Gasteiger partial charge in [-0.05, 0) is 48.9 Å². The molecule has 1 atom stereocenters. The minimum atomic E-state index is -2.77. The van der Waals surface area contributed by atoms with Crippen molar-refractivity contribution in [3.63, 3.8) is 0 Å². The van der Waals surface area contributed by atoms with Gasteiger partial charge in [-0.3, -0.25) is 0 Å². The average Bonchev–Trinajstić information content (AvgIpc) is 2.85. The Morgan fingerprint density at radius 3 is 2.28 bits per heavy atom. The molecule has 2 nitrogen and oxygen atoms in total. The lowest BCUT2D eigenvalue weighted by Crippen LogP contribution is -2.19. The lowest BCUT2D eigenvalue weighted by atomic mass is 9.85. The predicted molar refractivity (Wildman–Crippen MR) is 66.8 cm³/mol. The molecule has 18 heavy (non-hydrogen) atoms. The molecule has 2 N–H and O–H groups in total. The summed E-state index contributed by atoms with van der Waals surface area (Å²) in [7, 11) is 0. The van der Waals surface area contributed by atoms with Crippen LogP contribution in [0.15, 0.2) is 24.3 Å². The standard InChI is InChI=1S/C14H19F2NO/c15-14(16)18-12-7-5-11(6-8-12)13(9-17)10-3-1-2-4-10/h5-8,10,13-14H,1-4,9,17H2. The first-order valence-electron chi connectivity index (χ1n) is 6.45. The summed E-state index contributed by atoms with van der Waals surface area (Å²) in [5.41, 5.74) is 6.98. The molecule has 0 saturated heterocycles. The van der Waals surface area contributed by atoms with E-state index in [1.165, 1.54) is 25.7 Å². The van der Waals surface area contributed by atoms with Gasteiger partial charge in [0, 0.05) is 0 Å². The van der Waals surface area contributed by atoms with Crippen LogP contribution in [-0.4, -0.2) is 13.2 Å². The van der Waals surface area contributed by atoms with Gasteiger partial charge in [0.15, 0.2) is 0 Å². The number of nitrogens with two attached hydrogens (primary N) is 1. The van der Waals surface area contributed by atoms with Crippen molar-refractivity contribution in [2.24, 2.45) is 11.7 Å². The highest BCUT2D eigenvalue weighted by Crippen LogP contribution is 2.37.